The number of rotatable bonds is 2. The lowest BCUT2D eigenvalue weighted by Crippen LogP contribution is -1.94. The predicted octanol–water partition coefficient (Wildman–Crippen LogP) is 1.81. The van der Waals surface area contributed by atoms with Gasteiger partial charge in [-0.2, -0.15) is 0 Å². The highest BCUT2D eigenvalue weighted by Crippen LogP contribution is 2.26. The second-order valence-electron chi connectivity index (χ2n) is 3.31. The van der Waals surface area contributed by atoms with Gasteiger partial charge in [0, 0.05) is 5.56 Å². The van der Waals surface area contributed by atoms with E-state index in [1.54, 1.807) is 24.3 Å². The maximum absolute atomic E-state index is 10.6. The highest BCUT2D eigenvalue weighted by atomic mass is 16.4. The fourth-order valence-electron chi connectivity index (χ4n) is 1.34. The zero-order valence-corrected chi connectivity index (χ0v) is 8.31. The van der Waals surface area contributed by atoms with Crippen LogP contribution in [0.25, 0.3) is 11.3 Å². The van der Waals surface area contributed by atoms with Gasteiger partial charge in [0.05, 0.1) is 11.4 Å². The number of anilines is 2. The van der Waals surface area contributed by atoms with E-state index in [2.05, 4.69) is 0 Å². The molecule has 0 aliphatic rings. The number of benzene rings is 1. The summed E-state index contributed by atoms with van der Waals surface area (Å²) in [6, 6.07) is 7.97. The average Bonchev–Trinajstić information content (AvgIpc) is 2.71. The molecule has 2 aromatic rings. The summed E-state index contributed by atoms with van der Waals surface area (Å²) in [5.74, 6) is -0.760. The summed E-state index contributed by atoms with van der Waals surface area (Å²) in [4.78, 5) is 10.6. The van der Waals surface area contributed by atoms with Gasteiger partial charge in [0.15, 0.2) is 0 Å². The van der Waals surface area contributed by atoms with Crippen LogP contribution in [0.4, 0.5) is 11.4 Å². The molecule has 0 unspecified atom stereocenters. The molecule has 0 bridgehead atoms. The van der Waals surface area contributed by atoms with Gasteiger partial charge < -0.3 is 21.0 Å². The minimum absolute atomic E-state index is 0.106. The second-order valence-corrected chi connectivity index (χ2v) is 3.31. The molecule has 5 N–H and O–H groups in total. The molecule has 0 amide bonds. The van der Waals surface area contributed by atoms with Gasteiger partial charge in [0.1, 0.15) is 5.76 Å². The molecule has 5 heteroatoms. The van der Waals surface area contributed by atoms with Crippen molar-refractivity contribution < 1.29 is 14.3 Å². The molecule has 0 spiro atoms. The first-order chi connectivity index (χ1) is 7.58. The van der Waals surface area contributed by atoms with Crippen molar-refractivity contribution in [3.05, 3.63) is 36.1 Å². The van der Waals surface area contributed by atoms with E-state index < -0.39 is 5.97 Å². The summed E-state index contributed by atoms with van der Waals surface area (Å²) >= 11 is 0. The maximum atomic E-state index is 10.6. The van der Waals surface area contributed by atoms with E-state index in [-0.39, 0.29) is 5.76 Å². The van der Waals surface area contributed by atoms with Crippen molar-refractivity contribution in [3.63, 3.8) is 0 Å². The fourth-order valence-corrected chi connectivity index (χ4v) is 1.34. The van der Waals surface area contributed by atoms with Crippen LogP contribution >= 0.6 is 0 Å². The van der Waals surface area contributed by atoms with Crippen LogP contribution in [0.5, 0.6) is 0 Å². The van der Waals surface area contributed by atoms with Crippen molar-refractivity contribution in [1.82, 2.24) is 0 Å². The summed E-state index contributed by atoms with van der Waals surface area (Å²) in [6.45, 7) is 0. The topological polar surface area (TPSA) is 102 Å². The Labute approximate surface area is 91.3 Å². The van der Waals surface area contributed by atoms with Gasteiger partial charge in [-0.25, -0.2) is 4.79 Å². The molecular weight excluding hydrogens is 208 g/mol. The maximum Gasteiger partial charge on any atom is 0.371 e. The van der Waals surface area contributed by atoms with Crippen LogP contribution in [-0.2, 0) is 0 Å². The number of nitrogen functional groups attached to an aromatic ring is 2. The van der Waals surface area contributed by atoms with Crippen LogP contribution in [0.1, 0.15) is 10.6 Å². The number of hydrogen-bond acceptors (Lipinski definition) is 4. The zero-order valence-electron chi connectivity index (χ0n) is 8.31. The predicted molar refractivity (Wildman–Crippen MR) is 59.9 cm³/mol. The average molecular weight is 218 g/mol. The van der Waals surface area contributed by atoms with Crippen LogP contribution in [0, 0.1) is 0 Å². The molecule has 16 heavy (non-hydrogen) atoms. The minimum Gasteiger partial charge on any atom is -0.475 e. The van der Waals surface area contributed by atoms with Crippen LogP contribution < -0.4 is 11.5 Å². The van der Waals surface area contributed by atoms with E-state index >= 15 is 0 Å². The Morgan fingerprint density at radius 3 is 2.44 bits per heavy atom. The third-order valence-electron chi connectivity index (χ3n) is 2.19. The number of carboxylic acids is 1. The molecule has 1 aromatic heterocycles. The Morgan fingerprint density at radius 2 is 1.88 bits per heavy atom. The van der Waals surface area contributed by atoms with Crippen molar-refractivity contribution in [2.45, 2.75) is 0 Å². The highest BCUT2D eigenvalue weighted by molar-refractivity contribution is 5.85. The Morgan fingerprint density at radius 1 is 1.12 bits per heavy atom. The Kier molecular flexibility index (Phi) is 2.28. The van der Waals surface area contributed by atoms with E-state index in [0.29, 0.717) is 22.7 Å². The number of furan rings is 1. The van der Waals surface area contributed by atoms with Gasteiger partial charge in [0.25, 0.3) is 0 Å². The Hall–Kier alpha value is -2.43. The van der Waals surface area contributed by atoms with Gasteiger partial charge in [-0.3, -0.25) is 0 Å². The molecule has 0 saturated heterocycles. The summed E-state index contributed by atoms with van der Waals surface area (Å²) in [6.07, 6.45) is 0. The second kappa shape index (κ2) is 3.62. The van der Waals surface area contributed by atoms with E-state index in [1.165, 1.54) is 6.07 Å². The standard InChI is InChI=1S/C11H10N2O3/c12-7-2-1-6(5-8(7)13)9-3-4-10(16-9)11(14)15/h1-5H,12-13H2,(H,14,15). The van der Waals surface area contributed by atoms with Crippen molar-refractivity contribution >= 4 is 17.3 Å². The van der Waals surface area contributed by atoms with Crippen LogP contribution in [-0.4, -0.2) is 11.1 Å². The lowest BCUT2D eigenvalue weighted by Gasteiger charge is -2.01. The van der Waals surface area contributed by atoms with Gasteiger partial charge in [0.2, 0.25) is 5.76 Å². The molecule has 2 rings (SSSR count). The quantitative estimate of drug-likeness (QED) is 0.667. The number of carboxylic acid groups (broad SMARTS) is 1. The lowest BCUT2D eigenvalue weighted by molar-refractivity contribution is 0.0663. The van der Waals surface area contributed by atoms with E-state index in [4.69, 9.17) is 21.0 Å². The molecule has 0 aliphatic heterocycles. The first kappa shape index (κ1) is 10.1. The van der Waals surface area contributed by atoms with E-state index in [9.17, 15) is 4.79 Å². The molecule has 1 heterocycles. The summed E-state index contributed by atoms with van der Waals surface area (Å²) < 4.78 is 5.13. The molecule has 0 atom stereocenters. The molecule has 1 aromatic carbocycles. The lowest BCUT2D eigenvalue weighted by atomic mass is 10.1. The van der Waals surface area contributed by atoms with E-state index in [1.807, 2.05) is 0 Å². The molecule has 0 aliphatic carbocycles. The SMILES string of the molecule is Nc1ccc(-c2ccc(C(=O)O)o2)cc1N. The summed E-state index contributed by atoms with van der Waals surface area (Å²) in [7, 11) is 0. The molecular formula is C11H10N2O3. The summed E-state index contributed by atoms with van der Waals surface area (Å²) in [5.41, 5.74) is 12.8. The third-order valence-corrected chi connectivity index (χ3v) is 2.19. The Bertz CT molecular complexity index is 546. The normalized spacial score (nSPS) is 10.2. The largest absolute Gasteiger partial charge is 0.475 e. The van der Waals surface area contributed by atoms with Crippen molar-refractivity contribution in [2.75, 3.05) is 11.5 Å². The zero-order chi connectivity index (χ0) is 11.7. The Balaban J connectivity index is 2.42. The number of nitrogens with two attached hydrogens (primary N) is 2. The van der Waals surface area contributed by atoms with Gasteiger partial charge in [-0.15, -0.1) is 0 Å². The monoisotopic (exact) mass is 218 g/mol. The summed E-state index contributed by atoms with van der Waals surface area (Å²) in [5, 5.41) is 8.71. The van der Waals surface area contributed by atoms with Gasteiger partial charge in [-0.05, 0) is 30.3 Å². The van der Waals surface area contributed by atoms with Crippen LogP contribution in [0.2, 0.25) is 0 Å². The highest BCUT2D eigenvalue weighted by Gasteiger charge is 2.10. The smallest absolute Gasteiger partial charge is 0.371 e. The van der Waals surface area contributed by atoms with Crippen LogP contribution in [0.3, 0.4) is 0 Å². The van der Waals surface area contributed by atoms with Crippen molar-refractivity contribution in [2.24, 2.45) is 0 Å². The molecule has 0 fully saturated rings. The molecule has 0 radical (unpaired) electrons. The van der Waals surface area contributed by atoms with Crippen molar-refractivity contribution in [1.29, 1.82) is 0 Å². The minimum atomic E-state index is -1.10. The van der Waals surface area contributed by atoms with E-state index in [0.717, 1.165) is 0 Å². The fraction of sp³-hybridized carbons (Fsp3) is 0. The third kappa shape index (κ3) is 1.70. The number of hydrogen-bond donors (Lipinski definition) is 3. The van der Waals surface area contributed by atoms with Crippen LogP contribution in [0.15, 0.2) is 34.7 Å². The molecule has 0 saturated carbocycles. The van der Waals surface area contributed by atoms with Gasteiger partial charge in [-0.1, -0.05) is 0 Å². The molecule has 82 valence electrons. The molecule has 5 nitrogen and oxygen atoms in total. The number of carbonyl (C=O) groups is 1. The van der Waals surface area contributed by atoms with Crippen molar-refractivity contribution in [3.8, 4) is 11.3 Å². The van der Waals surface area contributed by atoms with Gasteiger partial charge >= 0.3 is 5.97 Å². The number of aromatic carboxylic acids is 1. The first-order valence-corrected chi connectivity index (χ1v) is 4.56. The first-order valence-electron chi connectivity index (χ1n) is 4.56.